The SMILES string of the molecule is O=C(Cn1ccc2ccc(Cl)cc21)N1CCC[C@@H](Cn2ccnn2)C1. The lowest BCUT2D eigenvalue weighted by molar-refractivity contribution is -0.133. The summed E-state index contributed by atoms with van der Waals surface area (Å²) in [5.41, 5.74) is 0.997. The van der Waals surface area contributed by atoms with E-state index in [9.17, 15) is 4.79 Å². The quantitative estimate of drug-likeness (QED) is 0.721. The molecule has 0 radical (unpaired) electrons. The molecule has 3 aromatic rings. The first-order chi connectivity index (χ1) is 12.2. The Morgan fingerprint density at radius 2 is 2.20 bits per heavy atom. The molecule has 1 aliphatic rings. The minimum atomic E-state index is 0.153. The fraction of sp³-hybridized carbons (Fsp3) is 0.389. The molecule has 6 nitrogen and oxygen atoms in total. The van der Waals surface area contributed by atoms with E-state index in [-0.39, 0.29) is 5.91 Å². The lowest BCUT2D eigenvalue weighted by atomic mass is 9.98. The van der Waals surface area contributed by atoms with Gasteiger partial charge in [-0.05, 0) is 42.3 Å². The van der Waals surface area contributed by atoms with Crippen molar-refractivity contribution in [2.75, 3.05) is 13.1 Å². The van der Waals surface area contributed by atoms with E-state index in [1.54, 1.807) is 6.20 Å². The van der Waals surface area contributed by atoms with Crippen molar-refractivity contribution < 1.29 is 4.79 Å². The maximum absolute atomic E-state index is 12.8. The second kappa shape index (κ2) is 6.88. The third-order valence-corrected chi connectivity index (χ3v) is 5.07. The number of piperidine rings is 1. The van der Waals surface area contributed by atoms with Crippen LogP contribution in [0.4, 0.5) is 0 Å². The third kappa shape index (κ3) is 3.54. The summed E-state index contributed by atoms with van der Waals surface area (Å²) in [7, 11) is 0. The Bertz CT molecular complexity index is 873. The Balaban J connectivity index is 1.44. The van der Waals surface area contributed by atoms with Gasteiger partial charge in [0.1, 0.15) is 6.54 Å². The zero-order valence-electron chi connectivity index (χ0n) is 13.9. The molecule has 1 amide bonds. The molecule has 0 spiro atoms. The maximum atomic E-state index is 12.8. The number of carbonyl (C=O) groups is 1. The number of fused-ring (bicyclic) bond motifs is 1. The minimum absolute atomic E-state index is 0.153. The highest BCUT2D eigenvalue weighted by Gasteiger charge is 2.24. The topological polar surface area (TPSA) is 56.0 Å². The molecular weight excluding hydrogens is 338 g/mol. The molecule has 1 fully saturated rings. The highest BCUT2D eigenvalue weighted by molar-refractivity contribution is 6.31. The fourth-order valence-electron chi connectivity index (χ4n) is 3.58. The van der Waals surface area contributed by atoms with E-state index in [1.807, 2.05) is 50.8 Å². The average molecular weight is 358 g/mol. The molecule has 2 aromatic heterocycles. The van der Waals surface area contributed by atoms with Gasteiger partial charge in [-0.2, -0.15) is 0 Å². The number of hydrogen-bond donors (Lipinski definition) is 0. The molecule has 130 valence electrons. The summed E-state index contributed by atoms with van der Waals surface area (Å²) < 4.78 is 3.82. The first-order valence-corrected chi connectivity index (χ1v) is 8.93. The number of aromatic nitrogens is 4. The molecule has 1 aliphatic heterocycles. The molecule has 1 aromatic carbocycles. The van der Waals surface area contributed by atoms with Gasteiger partial charge in [0.15, 0.2) is 0 Å². The predicted molar refractivity (Wildman–Crippen MR) is 96.3 cm³/mol. The Labute approximate surface area is 151 Å². The van der Waals surface area contributed by atoms with Gasteiger partial charge in [-0.25, -0.2) is 0 Å². The summed E-state index contributed by atoms with van der Waals surface area (Å²) in [6.45, 7) is 2.76. The highest BCUT2D eigenvalue weighted by Crippen LogP contribution is 2.22. The zero-order valence-corrected chi connectivity index (χ0v) is 14.6. The summed E-state index contributed by atoms with van der Waals surface area (Å²) in [5, 5.41) is 9.66. The van der Waals surface area contributed by atoms with E-state index >= 15 is 0 Å². The standard InChI is InChI=1S/C18H20ClN5O/c19-16-4-3-15-5-8-22(17(15)10-16)13-18(25)23-7-1-2-14(11-23)12-24-9-6-20-21-24/h3-6,8-10,14H,1-2,7,11-13H2/t14-/m1/s1. The van der Waals surface area contributed by atoms with Crippen molar-refractivity contribution in [3.8, 4) is 0 Å². The van der Waals surface area contributed by atoms with Gasteiger partial charge in [0, 0.05) is 42.6 Å². The molecule has 0 unspecified atom stereocenters. The van der Waals surface area contributed by atoms with Gasteiger partial charge in [0.05, 0.1) is 6.20 Å². The summed E-state index contributed by atoms with van der Waals surface area (Å²) in [6, 6.07) is 7.78. The van der Waals surface area contributed by atoms with E-state index in [0.29, 0.717) is 17.5 Å². The zero-order chi connectivity index (χ0) is 17.2. The molecule has 0 aliphatic carbocycles. The normalized spacial score (nSPS) is 18.0. The summed E-state index contributed by atoms with van der Waals surface area (Å²) >= 11 is 6.10. The van der Waals surface area contributed by atoms with E-state index in [1.165, 1.54) is 0 Å². The van der Waals surface area contributed by atoms with Crippen molar-refractivity contribution in [1.29, 1.82) is 0 Å². The average Bonchev–Trinajstić information content (AvgIpc) is 3.25. The Morgan fingerprint density at radius 1 is 1.28 bits per heavy atom. The van der Waals surface area contributed by atoms with Gasteiger partial charge in [-0.15, -0.1) is 5.10 Å². The summed E-state index contributed by atoms with van der Waals surface area (Å²) in [4.78, 5) is 14.8. The Kier molecular flexibility index (Phi) is 4.44. The molecular formula is C18H20ClN5O. The Morgan fingerprint density at radius 3 is 3.04 bits per heavy atom. The van der Waals surface area contributed by atoms with Gasteiger partial charge in [0.25, 0.3) is 0 Å². The Hall–Kier alpha value is -2.34. The van der Waals surface area contributed by atoms with Crippen LogP contribution in [0.5, 0.6) is 0 Å². The van der Waals surface area contributed by atoms with Crippen LogP contribution in [0.1, 0.15) is 12.8 Å². The number of benzene rings is 1. The van der Waals surface area contributed by atoms with Crippen LogP contribution in [-0.2, 0) is 17.9 Å². The molecule has 25 heavy (non-hydrogen) atoms. The summed E-state index contributed by atoms with van der Waals surface area (Å²) in [6.07, 6.45) is 7.66. The molecule has 7 heteroatoms. The van der Waals surface area contributed by atoms with Crippen LogP contribution in [0.15, 0.2) is 42.9 Å². The number of halogens is 1. The molecule has 3 heterocycles. The lowest BCUT2D eigenvalue weighted by Gasteiger charge is -2.32. The number of rotatable bonds is 4. The van der Waals surface area contributed by atoms with Crippen LogP contribution in [0.3, 0.4) is 0 Å². The maximum Gasteiger partial charge on any atom is 0.242 e. The highest BCUT2D eigenvalue weighted by atomic mass is 35.5. The molecule has 0 N–H and O–H groups in total. The van der Waals surface area contributed by atoms with Crippen molar-refractivity contribution in [2.24, 2.45) is 5.92 Å². The van der Waals surface area contributed by atoms with Crippen molar-refractivity contribution in [2.45, 2.75) is 25.9 Å². The first-order valence-electron chi connectivity index (χ1n) is 8.55. The molecule has 4 rings (SSSR count). The van der Waals surface area contributed by atoms with Crippen molar-refractivity contribution >= 4 is 28.4 Å². The van der Waals surface area contributed by atoms with Crippen molar-refractivity contribution in [3.63, 3.8) is 0 Å². The number of carbonyl (C=O) groups excluding carboxylic acids is 1. The number of hydrogen-bond acceptors (Lipinski definition) is 3. The minimum Gasteiger partial charge on any atom is -0.341 e. The van der Waals surface area contributed by atoms with E-state index in [4.69, 9.17) is 11.6 Å². The number of amides is 1. The smallest absolute Gasteiger partial charge is 0.242 e. The molecule has 1 atom stereocenters. The van der Waals surface area contributed by atoms with Gasteiger partial charge >= 0.3 is 0 Å². The second-order valence-electron chi connectivity index (χ2n) is 6.62. The molecule has 1 saturated heterocycles. The van der Waals surface area contributed by atoms with Crippen LogP contribution in [0.25, 0.3) is 10.9 Å². The van der Waals surface area contributed by atoms with Crippen LogP contribution in [-0.4, -0.2) is 43.5 Å². The van der Waals surface area contributed by atoms with Crippen molar-refractivity contribution in [3.05, 3.63) is 47.9 Å². The first kappa shape index (κ1) is 16.1. The van der Waals surface area contributed by atoms with Gasteiger partial charge < -0.3 is 9.47 Å². The van der Waals surface area contributed by atoms with E-state index in [0.717, 1.165) is 43.4 Å². The van der Waals surface area contributed by atoms with Gasteiger partial charge in [-0.1, -0.05) is 22.9 Å². The van der Waals surface area contributed by atoms with Crippen molar-refractivity contribution in [1.82, 2.24) is 24.5 Å². The van der Waals surface area contributed by atoms with Gasteiger partial charge in [-0.3, -0.25) is 9.48 Å². The van der Waals surface area contributed by atoms with Crippen LogP contribution >= 0.6 is 11.6 Å². The lowest BCUT2D eigenvalue weighted by Crippen LogP contribution is -2.42. The second-order valence-corrected chi connectivity index (χ2v) is 7.06. The molecule has 0 bridgehead atoms. The van der Waals surface area contributed by atoms with E-state index < -0.39 is 0 Å². The molecule has 0 saturated carbocycles. The van der Waals surface area contributed by atoms with Crippen LogP contribution in [0.2, 0.25) is 5.02 Å². The number of nitrogens with zero attached hydrogens (tertiary/aromatic N) is 5. The largest absolute Gasteiger partial charge is 0.341 e. The monoisotopic (exact) mass is 357 g/mol. The number of likely N-dealkylation sites (tertiary alicyclic amines) is 1. The third-order valence-electron chi connectivity index (χ3n) is 4.83. The van der Waals surface area contributed by atoms with Gasteiger partial charge in [0.2, 0.25) is 5.91 Å². The van der Waals surface area contributed by atoms with Crippen LogP contribution in [0, 0.1) is 5.92 Å². The fourth-order valence-corrected chi connectivity index (χ4v) is 3.74. The van der Waals surface area contributed by atoms with Crippen LogP contribution < -0.4 is 0 Å². The van der Waals surface area contributed by atoms with E-state index in [2.05, 4.69) is 10.3 Å². The summed E-state index contributed by atoms with van der Waals surface area (Å²) in [5.74, 6) is 0.580. The predicted octanol–water partition coefficient (Wildman–Crippen LogP) is 2.83.